The molecule has 3 rings (SSSR count). The minimum absolute atomic E-state index is 0.639. The molecular weight excluding hydrogens is 216 g/mol. The Morgan fingerprint density at radius 2 is 2.35 bits per heavy atom. The molecule has 0 aliphatic carbocycles. The number of benzene rings is 1. The van der Waals surface area contributed by atoms with Crippen molar-refractivity contribution >= 4 is 11.4 Å². The van der Waals surface area contributed by atoms with Crippen molar-refractivity contribution in [1.82, 2.24) is 10.1 Å². The van der Waals surface area contributed by atoms with E-state index < -0.39 is 0 Å². The van der Waals surface area contributed by atoms with Gasteiger partial charge in [-0.1, -0.05) is 11.2 Å². The van der Waals surface area contributed by atoms with Crippen LogP contribution in [0.4, 0.5) is 11.4 Å². The summed E-state index contributed by atoms with van der Waals surface area (Å²) in [5.41, 5.74) is 9.30. The highest BCUT2D eigenvalue weighted by Gasteiger charge is 2.19. The lowest BCUT2D eigenvalue weighted by Crippen LogP contribution is -2.29. The van der Waals surface area contributed by atoms with Crippen molar-refractivity contribution < 1.29 is 4.52 Å². The number of rotatable bonds is 2. The van der Waals surface area contributed by atoms with E-state index in [2.05, 4.69) is 21.1 Å². The number of nitrogen functional groups attached to an aromatic ring is 1. The molecule has 0 unspecified atom stereocenters. The highest BCUT2D eigenvalue weighted by Crippen LogP contribution is 2.31. The lowest BCUT2D eigenvalue weighted by atomic mass is 10.00. The van der Waals surface area contributed by atoms with E-state index in [9.17, 15) is 0 Å². The first-order chi connectivity index (χ1) is 8.34. The summed E-state index contributed by atoms with van der Waals surface area (Å²) in [5, 5.41) is 3.62. The molecule has 2 heterocycles. The molecule has 1 aromatic carbocycles. The van der Waals surface area contributed by atoms with Gasteiger partial charge in [0.1, 0.15) is 0 Å². The molecule has 0 saturated carbocycles. The number of aromatic nitrogens is 2. The zero-order chi connectivity index (χ0) is 11.7. The van der Waals surface area contributed by atoms with E-state index in [0.29, 0.717) is 12.4 Å². The van der Waals surface area contributed by atoms with Crippen LogP contribution in [-0.4, -0.2) is 16.7 Å². The lowest BCUT2D eigenvalue weighted by molar-refractivity contribution is 0.374. The van der Waals surface area contributed by atoms with Crippen LogP contribution < -0.4 is 10.6 Å². The van der Waals surface area contributed by atoms with Gasteiger partial charge in [0, 0.05) is 17.9 Å². The molecule has 0 saturated heterocycles. The van der Waals surface area contributed by atoms with Gasteiger partial charge in [-0.05, 0) is 30.5 Å². The minimum atomic E-state index is 0.639. The van der Waals surface area contributed by atoms with Crippen LogP contribution in [0.25, 0.3) is 0 Å². The number of anilines is 2. The van der Waals surface area contributed by atoms with Crippen molar-refractivity contribution in [2.24, 2.45) is 0 Å². The van der Waals surface area contributed by atoms with Gasteiger partial charge >= 0.3 is 0 Å². The second kappa shape index (κ2) is 4.08. The van der Waals surface area contributed by atoms with Gasteiger partial charge < -0.3 is 15.2 Å². The summed E-state index contributed by atoms with van der Waals surface area (Å²) in [5.74, 6) is 0.639. The first-order valence-corrected chi connectivity index (χ1v) is 5.72. The normalized spacial score (nSPS) is 14.7. The summed E-state index contributed by atoms with van der Waals surface area (Å²) in [6.07, 6.45) is 3.58. The molecule has 0 fully saturated rings. The Morgan fingerprint density at radius 3 is 3.18 bits per heavy atom. The molecule has 5 heteroatoms. The van der Waals surface area contributed by atoms with Crippen LogP contribution in [0.5, 0.6) is 0 Å². The van der Waals surface area contributed by atoms with Crippen LogP contribution in [-0.2, 0) is 13.0 Å². The van der Waals surface area contributed by atoms with Crippen LogP contribution in [0.1, 0.15) is 17.9 Å². The van der Waals surface area contributed by atoms with Crippen molar-refractivity contribution in [3.05, 3.63) is 36.0 Å². The molecule has 0 spiro atoms. The van der Waals surface area contributed by atoms with Gasteiger partial charge in [-0.15, -0.1) is 0 Å². The maximum absolute atomic E-state index is 6.00. The molecule has 1 aliphatic rings. The maximum atomic E-state index is 6.00. The Morgan fingerprint density at radius 1 is 1.41 bits per heavy atom. The predicted octanol–water partition coefficient (Wildman–Crippen LogP) is 1.60. The number of fused-ring (bicyclic) bond motifs is 1. The van der Waals surface area contributed by atoms with E-state index in [1.54, 1.807) is 0 Å². The molecule has 2 aromatic rings. The molecule has 0 atom stereocenters. The van der Waals surface area contributed by atoms with E-state index >= 15 is 0 Å². The number of hydrogen-bond donors (Lipinski definition) is 1. The van der Waals surface area contributed by atoms with Crippen molar-refractivity contribution in [2.45, 2.75) is 19.4 Å². The standard InChI is InChI=1S/C12H14N4O/c13-10-4-1-5-11-9(10)3-2-6-16(11)7-12-14-8-15-17-12/h1,4-5,8H,2-3,6-7,13H2. The molecule has 2 N–H and O–H groups in total. The fraction of sp³-hybridized carbons (Fsp3) is 0.333. The summed E-state index contributed by atoms with van der Waals surface area (Å²) in [6, 6.07) is 6.04. The first kappa shape index (κ1) is 10.1. The molecule has 0 bridgehead atoms. The van der Waals surface area contributed by atoms with Crippen LogP contribution in [0.3, 0.4) is 0 Å². The maximum Gasteiger partial charge on any atom is 0.245 e. The van der Waals surface area contributed by atoms with E-state index in [4.69, 9.17) is 10.3 Å². The minimum Gasteiger partial charge on any atom is -0.398 e. The van der Waals surface area contributed by atoms with E-state index in [0.717, 1.165) is 25.1 Å². The average Bonchev–Trinajstić information content (AvgIpc) is 2.83. The molecule has 1 aliphatic heterocycles. The van der Waals surface area contributed by atoms with Crippen molar-refractivity contribution in [2.75, 3.05) is 17.2 Å². The van der Waals surface area contributed by atoms with Gasteiger partial charge in [0.2, 0.25) is 5.89 Å². The zero-order valence-electron chi connectivity index (χ0n) is 9.47. The average molecular weight is 230 g/mol. The van der Waals surface area contributed by atoms with Crippen molar-refractivity contribution in [3.63, 3.8) is 0 Å². The van der Waals surface area contributed by atoms with E-state index in [-0.39, 0.29) is 0 Å². The van der Waals surface area contributed by atoms with Crippen LogP contribution >= 0.6 is 0 Å². The number of hydrogen-bond acceptors (Lipinski definition) is 5. The first-order valence-electron chi connectivity index (χ1n) is 5.72. The highest BCUT2D eigenvalue weighted by molar-refractivity contribution is 5.66. The summed E-state index contributed by atoms with van der Waals surface area (Å²) in [4.78, 5) is 6.29. The molecule has 1 aromatic heterocycles. The van der Waals surface area contributed by atoms with Gasteiger partial charge in [0.05, 0.1) is 6.54 Å². The van der Waals surface area contributed by atoms with Crippen LogP contribution in [0.15, 0.2) is 29.0 Å². The van der Waals surface area contributed by atoms with Gasteiger partial charge in [-0.3, -0.25) is 0 Å². The molecule has 5 nitrogen and oxygen atoms in total. The second-order valence-electron chi connectivity index (χ2n) is 4.21. The number of nitrogens with two attached hydrogens (primary N) is 1. The molecular formula is C12H14N4O. The molecule has 17 heavy (non-hydrogen) atoms. The fourth-order valence-electron chi connectivity index (χ4n) is 2.32. The third-order valence-corrected chi connectivity index (χ3v) is 3.12. The van der Waals surface area contributed by atoms with Crippen LogP contribution in [0, 0.1) is 0 Å². The largest absolute Gasteiger partial charge is 0.398 e. The Hall–Kier alpha value is -2.04. The third-order valence-electron chi connectivity index (χ3n) is 3.12. The summed E-state index contributed by atoms with van der Waals surface area (Å²) >= 11 is 0. The quantitative estimate of drug-likeness (QED) is 0.794. The number of nitrogens with zero attached hydrogens (tertiary/aromatic N) is 3. The van der Waals surface area contributed by atoms with E-state index in [1.165, 1.54) is 17.6 Å². The van der Waals surface area contributed by atoms with Crippen molar-refractivity contribution in [1.29, 1.82) is 0 Å². The Balaban J connectivity index is 1.92. The lowest BCUT2D eigenvalue weighted by Gasteiger charge is -2.30. The summed E-state index contributed by atoms with van der Waals surface area (Å²) < 4.78 is 5.05. The Bertz CT molecular complexity index is 509. The third kappa shape index (κ3) is 1.84. The summed E-state index contributed by atoms with van der Waals surface area (Å²) in [6.45, 7) is 1.65. The highest BCUT2D eigenvalue weighted by atomic mass is 16.5. The van der Waals surface area contributed by atoms with Gasteiger partial charge in [-0.2, -0.15) is 4.98 Å². The topological polar surface area (TPSA) is 68.2 Å². The van der Waals surface area contributed by atoms with Crippen LogP contribution in [0.2, 0.25) is 0 Å². The van der Waals surface area contributed by atoms with Crippen molar-refractivity contribution in [3.8, 4) is 0 Å². The smallest absolute Gasteiger partial charge is 0.245 e. The molecule has 0 amide bonds. The Labute approximate surface area is 99.2 Å². The molecule has 88 valence electrons. The monoisotopic (exact) mass is 230 g/mol. The van der Waals surface area contributed by atoms with Gasteiger partial charge in [0.25, 0.3) is 0 Å². The predicted molar refractivity (Wildman–Crippen MR) is 64.5 cm³/mol. The SMILES string of the molecule is Nc1cccc2c1CCCN2Cc1ncno1. The van der Waals surface area contributed by atoms with Gasteiger partial charge in [0.15, 0.2) is 6.33 Å². The zero-order valence-corrected chi connectivity index (χ0v) is 9.47. The Kier molecular flexibility index (Phi) is 2.44. The van der Waals surface area contributed by atoms with E-state index in [1.807, 2.05) is 12.1 Å². The fourth-order valence-corrected chi connectivity index (χ4v) is 2.32. The molecule has 0 radical (unpaired) electrons. The summed E-state index contributed by atoms with van der Waals surface area (Å²) in [7, 11) is 0. The van der Waals surface area contributed by atoms with Gasteiger partial charge in [-0.25, -0.2) is 0 Å². The second-order valence-corrected chi connectivity index (χ2v) is 4.21.